The molecule has 10 aromatic rings. The second kappa shape index (κ2) is 11.5. The van der Waals surface area contributed by atoms with Crippen molar-refractivity contribution in [3.8, 4) is 44.8 Å². The van der Waals surface area contributed by atoms with Crippen LogP contribution in [0.5, 0.6) is 0 Å². The van der Waals surface area contributed by atoms with Crippen molar-refractivity contribution in [2.45, 2.75) is 0 Å². The van der Waals surface area contributed by atoms with Crippen molar-refractivity contribution in [3.05, 3.63) is 194 Å². The first-order chi connectivity index (χ1) is 26.9. The van der Waals surface area contributed by atoms with E-state index >= 15 is 0 Å². The third-order valence-corrected chi connectivity index (χ3v) is 9.79. The van der Waals surface area contributed by atoms with Crippen LogP contribution in [0.15, 0.2) is 194 Å². The highest BCUT2D eigenvalue weighted by Crippen LogP contribution is 2.42. The molecule has 50 heavy (non-hydrogen) atoms. The van der Waals surface area contributed by atoms with E-state index in [1.54, 1.807) is 6.07 Å². The molecule has 2 nitrogen and oxygen atoms in total. The van der Waals surface area contributed by atoms with Gasteiger partial charge in [0.05, 0.1) is 28.9 Å². The lowest BCUT2D eigenvalue weighted by atomic mass is 9.99. The Morgan fingerprint density at radius 3 is 1.48 bits per heavy atom. The topological polar surface area (TPSA) is 9.86 Å². The average Bonchev–Trinajstić information content (AvgIpc) is 3.76. The molecule has 0 aliphatic rings. The summed E-state index contributed by atoms with van der Waals surface area (Å²) in [6.45, 7) is 0. The summed E-state index contributed by atoms with van der Waals surface area (Å²) in [6, 6.07) is 55.5. The second-order valence-electron chi connectivity index (χ2n) is 12.6. The number of rotatable bonds is 5. The molecule has 10 rings (SSSR count). The van der Waals surface area contributed by atoms with E-state index in [1.807, 2.05) is 24.3 Å². The molecule has 2 heteroatoms. The molecule has 0 amide bonds. The Morgan fingerprint density at radius 1 is 0.320 bits per heavy atom. The van der Waals surface area contributed by atoms with Crippen LogP contribution in [0.4, 0.5) is 0 Å². The van der Waals surface area contributed by atoms with E-state index in [1.165, 1.54) is 32.7 Å². The molecule has 0 unspecified atom stereocenters. The zero-order valence-corrected chi connectivity index (χ0v) is 27.0. The van der Waals surface area contributed by atoms with Gasteiger partial charge in [-0.3, -0.25) is 0 Å². The molecular formula is C48H32N2. The molecular weight excluding hydrogens is 605 g/mol. The van der Waals surface area contributed by atoms with Crippen LogP contribution >= 0.6 is 0 Å². The van der Waals surface area contributed by atoms with Gasteiger partial charge >= 0.3 is 0 Å². The van der Waals surface area contributed by atoms with E-state index in [9.17, 15) is 0 Å². The maximum atomic E-state index is 8.49. The first kappa shape index (κ1) is 23.6. The summed E-state index contributed by atoms with van der Waals surface area (Å²) in [7, 11) is 0. The van der Waals surface area contributed by atoms with Gasteiger partial charge in [0.25, 0.3) is 0 Å². The minimum atomic E-state index is -0.393. The molecule has 0 spiro atoms. The van der Waals surface area contributed by atoms with Crippen molar-refractivity contribution < 1.29 is 6.85 Å². The molecule has 0 bridgehead atoms. The first-order valence-corrected chi connectivity index (χ1v) is 16.8. The van der Waals surface area contributed by atoms with Crippen LogP contribution in [0.25, 0.3) is 88.4 Å². The molecule has 0 aliphatic heterocycles. The van der Waals surface area contributed by atoms with E-state index in [2.05, 4.69) is 143 Å². The van der Waals surface area contributed by atoms with Gasteiger partial charge in [0.2, 0.25) is 0 Å². The van der Waals surface area contributed by atoms with Crippen LogP contribution in [-0.2, 0) is 0 Å². The Morgan fingerprint density at radius 2 is 0.820 bits per heavy atom. The molecule has 234 valence electrons. The second-order valence-corrected chi connectivity index (χ2v) is 12.6. The summed E-state index contributed by atoms with van der Waals surface area (Å²) in [6.07, 6.45) is 0. The largest absolute Gasteiger partial charge is 0.309 e. The molecule has 0 N–H and O–H groups in total. The summed E-state index contributed by atoms with van der Waals surface area (Å²) >= 11 is 0. The monoisotopic (exact) mass is 641 g/mol. The Balaban J connectivity index is 1.13. The molecule has 0 fully saturated rings. The third-order valence-electron chi connectivity index (χ3n) is 9.79. The number of fused-ring (bicyclic) bond motifs is 7. The fourth-order valence-electron chi connectivity index (χ4n) is 7.58. The van der Waals surface area contributed by atoms with E-state index in [0.717, 1.165) is 44.6 Å². The van der Waals surface area contributed by atoms with Crippen molar-refractivity contribution in [2.75, 3.05) is 0 Å². The lowest BCUT2D eigenvalue weighted by molar-refractivity contribution is 1.17. The Kier molecular flexibility index (Phi) is 5.44. The number of nitrogens with zero attached hydrogens (tertiary/aromatic N) is 2. The molecule has 2 aromatic heterocycles. The molecule has 2 heterocycles. The van der Waals surface area contributed by atoms with Crippen LogP contribution in [0.3, 0.4) is 0 Å². The number of hydrogen-bond donors (Lipinski definition) is 0. The van der Waals surface area contributed by atoms with E-state index < -0.39 is 6.04 Å². The van der Waals surface area contributed by atoms with Crippen LogP contribution in [0, 0.1) is 0 Å². The van der Waals surface area contributed by atoms with E-state index in [-0.39, 0.29) is 29.7 Å². The van der Waals surface area contributed by atoms with Crippen molar-refractivity contribution in [2.24, 2.45) is 0 Å². The van der Waals surface area contributed by atoms with E-state index in [4.69, 9.17) is 6.85 Å². The molecule has 8 aromatic carbocycles. The van der Waals surface area contributed by atoms with Gasteiger partial charge < -0.3 is 9.13 Å². The fourth-order valence-corrected chi connectivity index (χ4v) is 7.58. The van der Waals surface area contributed by atoms with E-state index in [0.29, 0.717) is 5.56 Å². The Bertz CT molecular complexity index is 3110. The number of para-hydroxylation sites is 2. The standard InChI is InChI=1S/C48H32N2/c1-3-13-33(14-4-1)36-17-11-18-37(31-36)35-25-27-39(28-26-35)49-43-23-9-7-21-41(43)47-45(49)29-30-46-48(47)42-22-8-10-24-44(42)50(46)40-20-12-19-38(32-40)34-15-5-2-6-16-34/h1-32H/i1D,3D,4D,13D,14D. The highest BCUT2D eigenvalue weighted by atomic mass is 15.0. The number of benzene rings is 8. The summed E-state index contributed by atoms with van der Waals surface area (Å²) in [4.78, 5) is 0. The normalized spacial score (nSPS) is 13.0. The van der Waals surface area contributed by atoms with Crippen LogP contribution < -0.4 is 0 Å². The summed E-state index contributed by atoms with van der Waals surface area (Å²) in [5, 5.41) is 4.80. The molecule has 0 aliphatic carbocycles. The summed E-state index contributed by atoms with van der Waals surface area (Å²) in [5.74, 6) is 0. The van der Waals surface area contributed by atoms with Crippen molar-refractivity contribution >= 4 is 43.6 Å². The Labute approximate surface area is 297 Å². The zero-order valence-electron chi connectivity index (χ0n) is 32.0. The highest BCUT2D eigenvalue weighted by Gasteiger charge is 2.20. The van der Waals surface area contributed by atoms with Crippen molar-refractivity contribution in [3.63, 3.8) is 0 Å². The molecule has 0 saturated carbocycles. The minimum Gasteiger partial charge on any atom is -0.309 e. The lowest BCUT2D eigenvalue weighted by Gasteiger charge is -2.11. The summed E-state index contributed by atoms with van der Waals surface area (Å²) in [5.41, 5.74) is 11.7. The molecule has 0 radical (unpaired) electrons. The van der Waals surface area contributed by atoms with Gasteiger partial charge in [-0.05, 0) is 88.0 Å². The van der Waals surface area contributed by atoms with Gasteiger partial charge in [-0.1, -0.05) is 139 Å². The maximum absolute atomic E-state index is 8.49. The SMILES string of the molecule is [2H]c1c([2H])c([2H])c(-c2cccc(-c3ccc(-n4c5ccccc5c5c6c7ccccc7n(-c7cccc(-c8ccccc8)c7)c6ccc54)cc3)c2)c([2H])c1[2H]. The average molecular weight is 642 g/mol. The Hall–Kier alpha value is -6.64. The van der Waals surface area contributed by atoms with Gasteiger partial charge in [0.15, 0.2) is 0 Å². The van der Waals surface area contributed by atoms with Crippen molar-refractivity contribution in [1.82, 2.24) is 9.13 Å². The summed E-state index contributed by atoms with van der Waals surface area (Å²) < 4.78 is 46.0. The zero-order chi connectivity index (χ0) is 37.4. The van der Waals surface area contributed by atoms with Gasteiger partial charge in [-0.2, -0.15) is 0 Å². The molecule has 0 saturated heterocycles. The quantitative estimate of drug-likeness (QED) is 0.177. The third kappa shape index (κ3) is 4.50. The lowest BCUT2D eigenvalue weighted by Crippen LogP contribution is -1.95. The number of aromatic nitrogens is 2. The predicted molar refractivity (Wildman–Crippen MR) is 211 cm³/mol. The highest BCUT2D eigenvalue weighted by molar-refractivity contribution is 6.28. The number of hydrogen-bond acceptors (Lipinski definition) is 0. The maximum Gasteiger partial charge on any atom is 0.0629 e. The van der Waals surface area contributed by atoms with Crippen LogP contribution in [0.2, 0.25) is 0 Å². The molecule has 0 atom stereocenters. The van der Waals surface area contributed by atoms with Crippen molar-refractivity contribution in [1.29, 1.82) is 0 Å². The fraction of sp³-hybridized carbons (Fsp3) is 0. The van der Waals surface area contributed by atoms with Gasteiger partial charge in [-0.15, -0.1) is 0 Å². The minimum absolute atomic E-state index is 0.200. The predicted octanol–water partition coefficient (Wildman–Crippen LogP) is 12.9. The first-order valence-electron chi connectivity index (χ1n) is 19.3. The van der Waals surface area contributed by atoms with Gasteiger partial charge in [-0.25, -0.2) is 0 Å². The van der Waals surface area contributed by atoms with Gasteiger partial charge in [0.1, 0.15) is 0 Å². The smallest absolute Gasteiger partial charge is 0.0629 e. The van der Waals surface area contributed by atoms with Crippen LogP contribution in [0.1, 0.15) is 6.85 Å². The van der Waals surface area contributed by atoms with Crippen LogP contribution in [-0.4, -0.2) is 9.13 Å². The van der Waals surface area contributed by atoms with Gasteiger partial charge in [0, 0.05) is 32.9 Å².